The topological polar surface area (TPSA) is 0 Å². The standard InChI is InChI=1S/C32H28P2.2C16H9.2Au/c1-25-23-31(33(27-15-7-3-8-16-27)28-17-9-4-10-18-28)32(24-26(25)2)34(29-19-11-5-12-20-29)30-21-13-6-14-22-30;2*1-2-12-7-5-8-14-11-10-13-6-3-4-9-15(13)16(12)14;;/h3-24H,1-2H3;2*3-11H;;/q;2*-1;2*+1/p+2. The smallest absolute Gasteiger partial charge is 0.366 e. The average Bonchev–Trinajstić information content (AvgIpc) is 3.39. The van der Waals surface area contributed by atoms with E-state index in [0.717, 1.165) is 32.7 Å². The van der Waals surface area contributed by atoms with Crippen molar-refractivity contribution >= 4 is 90.8 Å². The molecule has 11 aromatic carbocycles. The van der Waals surface area contributed by atoms with Gasteiger partial charge in [0.1, 0.15) is 47.7 Å². The van der Waals surface area contributed by atoms with Gasteiger partial charge in [0.2, 0.25) is 0 Å². The largest absolute Gasteiger partial charge is 1.00 e. The van der Waals surface area contributed by atoms with Gasteiger partial charge in [-0.2, -0.15) is 0 Å². The van der Waals surface area contributed by atoms with Gasteiger partial charge in [0, 0.05) is 0 Å². The van der Waals surface area contributed by atoms with E-state index in [1.807, 2.05) is 48.5 Å². The van der Waals surface area contributed by atoms with Gasteiger partial charge >= 0.3 is 44.8 Å². The zero-order chi connectivity index (χ0) is 45.2. The molecule has 0 spiro atoms. The molecule has 0 radical (unpaired) electrons. The van der Waals surface area contributed by atoms with Gasteiger partial charge in [0.15, 0.2) is 0 Å². The van der Waals surface area contributed by atoms with Crippen LogP contribution in [0.1, 0.15) is 22.3 Å². The molecule has 4 heteroatoms. The Hall–Kier alpha value is -6.08. The summed E-state index contributed by atoms with van der Waals surface area (Å²) in [5.74, 6) is 5.02. The molecule has 11 rings (SSSR count). The summed E-state index contributed by atoms with van der Waals surface area (Å²) in [7, 11) is -2.36. The van der Waals surface area contributed by atoms with Crippen LogP contribution in [-0.4, -0.2) is 0 Å². The first-order chi connectivity index (χ1) is 32.5. The van der Waals surface area contributed by atoms with Crippen LogP contribution < -0.4 is 31.8 Å². The fourth-order valence-corrected chi connectivity index (χ4v) is 15.1. The molecule has 0 aliphatic heterocycles. The van der Waals surface area contributed by atoms with Gasteiger partial charge in [-0.05, 0) is 118 Å². The van der Waals surface area contributed by atoms with E-state index in [1.54, 1.807) is 0 Å². The Morgan fingerprint density at radius 1 is 0.309 bits per heavy atom. The third-order valence-corrected chi connectivity index (χ3v) is 18.0. The van der Waals surface area contributed by atoms with Crippen molar-refractivity contribution in [2.24, 2.45) is 0 Å². The molecule has 0 saturated carbocycles. The third-order valence-electron chi connectivity index (χ3n) is 12.2. The number of aryl methyl sites for hydroxylation is 2. The molecule has 0 atom stereocenters. The Kier molecular flexibility index (Phi) is 17.4. The number of benzene rings is 11. The maximum Gasteiger partial charge on any atom is 1.00 e. The Bertz CT molecular complexity index is 3210. The number of rotatable bonds is 6. The summed E-state index contributed by atoms with van der Waals surface area (Å²) in [4.78, 5) is 0. The van der Waals surface area contributed by atoms with Crippen LogP contribution in [0.5, 0.6) is 0 Å². The van der Waals surface area contributed by atoms with Gasteiger partial charge < -0.3 is 12.8 Å². The van der Waals surface area contributed by atoms with E-state index in [4.69, 9.17) is 12.8 Å². The minimum atomic E-state index is -1.18. The fraction of sp³-hybridized carbons (Fsp3) is 0.0312. The molecule has 0 heterocycles. The molecule has 0 unspecified atom stereocenters. The van der Waals surface area contributed by atoms with E-state index in [9.17, 15) is 0 Å². The van der Waals surface area contributed by atoms with Crippen molar-refractivity contribution in [2.45, 2.75) is 13.8 Å². The van der Waals surface area contributed by atoms with Crippen molar-refractivity contribution in [1.82, 2.24) is 0 Å². The molecule has 68 heavy (non-hydrogen) atoms. The van der Waals surface area contributed by atoms with Crippen LogP contribution in [0.25, 0.3) is 43.1 Å². The molecule has 0 aromatic heterocycles. The normalized spacial score (nSPS) is 10.5. The maximum atomic E-state index is 7.35. The van der Waals surface area contributed by atoms with Crippen LogP contribution in [0.15, 0.2) is 243 Å². The minimum Gasteiger partial charge on any atom is -0.366 e. The van der Waals surface area contributed by atoms with Crippen molar-refractivity contribution in [3.05, 3.63) is 278 Å². The summed E-state index contributed by atoms with van der Waals surface area (Å²) >= 11 is 0. The first-order valence-corrected chi connectivity index (χ1v) is 25.3. The van der Waals surface area contributed by atoms with Crippen LogP contribution in [0.4, 0.5) is 0 Å². The Labute approximate surface area is 435 Å². The number of hydrogen-bond acceptors (Lipinski definition) is 0. The molecule has 0 bridgehead atoms. The second kappa shape index (κ2) is 23.8. The van der Waals surface area contributed by atoms with Gasteiger partial charge in [-0.3, -0.25) is 11.8 Å². The van der Waals surface area contributed by atoms with Crippen LogP contribution in [-0.2, 0) is 44.8 Å². The minimum absolute atomic E-state index is 0. The second-order valence-corrected chi connectivity index (χ2v) is 21.2. The van der Waals surface area contributed by atoms with Crippen molar-refractivity contribution in [3.63, 3.8) is 0 Å². The van der Waals surface area contributed by atoms with Crippen molar-refractivity contribution in [1.29, 1.82) is 0 Å². The summed E-state index contributed by atoms with van der Waals surface area (Å²) in [6, 6.07) is 86.4. The molecule has 0 saturated heterocycles. The molecule has 11 aromatic rings. The molecule has 0 nitrogen and oxygen atoms in total. The quantitative estimate of drug-likeness (QED) is 0.0512. The zero-order valence-electron chi connectivity index (χ0n) is 37.7. The molecule has 334 valence electrons. The van der Waals surface area contributed by atoms with E-state index in [1.165, 1.54) is 64.5 Å². The fourth-order valence-electron chi connectivity index (χ4n) is 8.93. The monoisotopic (exact) mass is 1270 g/mol. The predicted molar refractivity (Wildman–Crippen MR) is 291 cm³/mol. The third kappa shape index (κ3) is 10.9. The average molecular weight is 1270 g/mol. The summed E-state index contributed by atoms with van der Waals surface area (Å²) in [5, 5.41) is 18.1. The molecule has 0 fully saturated rings. The van der Waals surface area contributed by atoms with Gasteiger partial charge in [-0.1, -0.05) is 181 Å². The van der Waals surface area contributed by atoms with E-state index >= 15 is 0 Å². The van der Waals surface area contributed by atoms with Gasteiger partial charge in [-0.25, -0.2) is 0 Å². The zero-order valence-corrected chi connectivity index (χ0v) is 44.0. The summed E-state index contributed by atoms with van der Waals surface area (Å²) in [6.45, 7) is 4.52. The van der Waals surface area contributed by atoms with Crippen molar-refractivity contribution in [3.8, 4) is 11.8 Å². The van der Waals surface area contributed by atoms with Gasteiger partial charge in [0.25, 0.3) is 0 Å². The Morgan fingerprint density at radius 2 is 0.588 bits per heavy atom. The molecule has 0 aliphatic carbocycles. The number of fused-ring (bicyclic) bond motifs is 6. The molecule has 0 amide bonds. The molecule has 0 N–H and O–H groups in total. The van der Waals surface area contributed by atoms with E-state index < -0.39 is 15.8 Å². The van der Waals surface area contributed by atoms with Crippen LogP contribution in [0, 0.1) is 38.5 Å². The predicted octanol–water partition coefficient (Wildman–Crippen LogP) is 13.1. The second-order valence-electron chi connectivity index (χ2n) is 16.3. The van der Waals surface area contributed by atoms with Crippen LogP contribution in [0.3, 0.4) is 0 Å². The van der Waals surface area contributed by atoms with Gasteiger partial charge in [0.05, 0.1) is 0 Å². The first kappa shape index (κ1) is 49.8. The van der Waals surface area contributed by atoms with E-state index in [0.29, 0.717) is 0 Å². The SMILES string of the molecule is Cc1cc([PH+](c2ccccc2)c2ccccc2)c([PH+](c2ccccc2)c2ccccc2)cc1C.[Au+].[Au+].[C-]#Cc1cccc2ccc3ccccc3c12.[C-]#Cc1cccc2ccc3ccccc3c12. The maximum absolute atomic E-state index is 7.35. The molecular formula is C64H48Au2P2+2. The summed E-state index contributed by atoms with van der Waals surface area (Å²) < 4.78 is 0. The number of hydrogen-bond donors (Lipinski definition) is 0. The van der Waals surface area contributed by atoms with E-state index in [2.05, 4.69) is 220 Å². The van der Waals surface area contributed by atoms with Crippen LogP contribution in [0.2, 0.25) is 0 Å². The molecular weight excluding hydrogens is 1220 g/mol. The van der Waals surface area contributed by atoms with Gasteiger partial charge in [-0.15, -0.1) is 23.3 Å². The van der Waals surface area contributed by atoms with Crippen LogP contribution >= 0.6 is 15.8 Å². The summed E-state index contributed by atoms with van der Waals surface area (Å²) in [6.07, 6.45) is 14.7. The Morgan fingerprint density at radius 3 is 0.912 bits per heavy atom. The summed E-state index contributed by atoms with van der Waals surface area (Å²) in [5.41, 5.74) is 4.45. The van der Waals surface area contributed by atoms with Crippen molar-refractivity contribution < 1.29 is 44.8 Å². The Balaban J connectivity index is 0.000000167. The first-order valence-electron chi connectivity index (χ1n) is 22.3. The van der Waals surface area contributed by atoms with E-state index in [-0.39, 0.29) is 44.8 Å². The molecule has 0 aliphatic rings. The van der Waals surface area contributed by atoms with Crippen molar-refractivity contribution in [2.75, 3.05) is 0 Å².